The molecule has 3 heteroatoms. The Balaban J connectivity index is 2.11. The lowest BCUT2D eigenvalue weighted by molar-refractivity contribution is 0.536. The van der Waals surface area contributed by atoms with E-state index in [9.17, 15) is 0 Å². The first-order valence-corrected chi connectivity index (χ1v) is 4.53. The zero-order chi connectivity index (χ0) is 8.81. The third kappa shape index (κ3) is 3.05. The molecular formula is C9H17N3. The summed E-state index contributed by atoms with van der Waals surface area (Å²) in [6.45, 7) is 5.41. The van der Waals surface area contributed by atoms with Crippen LogP contribution in [0.1, 0.15) is 26.0 Å². The Hall–Kier alpha value is -0.830. The maximum atomic E-state index is 3.96. The summed E-state index contributed by atoms with van der Waals surface area (Å²) in [4.78, 5) is 7.03. The Morgan fingerprint density at radius 3 is 3.08 bits per heavy atom. The third-order valence-electron chi connectivity index (χ3n) is 2.05. The standard InChI is InChI=1S/C9H17N3/c1-3-8(2)11-5-4-9-6-10-7-12-9/h6-8,11H,3-5H2,1-2H3,(H,10,12). The van der Waals surface area contributed by atoms with E-state index >= 15 is 0 Å². The number of aromatic nitrogens is 2. The van der Waals surface area contributed by atoms with Gasteiger partial charge in [-0.05, 0) is 13.3 Å². The zero-order valence-electron chi connectivity index (χ0n) is 7.80. The van der Waals surface area contributed by atoms with Crippen LogP contribution in [0, 0.1) is 0 Å². The highest BCUT2D eigenvalue weighted by molar-refractivity contribution is 4.94. The molecule has 0 aliphatic heterocycles. The van der Waals surface area contributed by atoms with Crippen LogP contribution >= 0.6 is 0 Å². The minimum atomic E-state index is 0.618. The molecule has 0 amide bonds. The van der Waals surface area contributed by atoms with Crippen molar-refractivity contribution in [2.75, 3.05) is 6.54 Å². The molecule has 1 unspecified atom stereocenters. The van der Waals surface area contributed by atoms with Crippen LogP contribution in [0.4, 0.5) is 0 Å². The lowest BCUT2D eigenvalue weighted by atomic mass is 10.2. The zero-order valence-corrected chi connectivity index (χ0v) is 7.80. The summed E-state index contributed by atoms with van der Waals surface area (Å²) in [5.74, 6) is 0. The minimum Gasteiger partial charge on any atom is -0.348 e. The molecule has 1 heterocycles. The highest BCUT2D eigenvalue weighted by Gasteiger charge is 1.97. The van der Waals surface area contributed by atoms with Gasteiger partial charge in [0.05, 0.1) is 6.33 Å². The molecule has 1 atom stereocenters. The summed E-state index contributed by atoms with van der Waals surface area (Å²) in [7, 11) is 0. The van der Waals surface area contributed by atoms with Crippen molar-refractivity contribution in [3.8, 4) is 0 Å². The predicted molar refractivity (Wildman–Crippen MR) is 50.0 cm³/mol. The second kappa shape index (κ2) is 4.93. The fourth-order valence-corrected chi connectivity index (χ4v) is 1.02. The summed E-state index contributed by atoms with van der Waals surface area (Å²) in [6.07, 6.45) is 5.81. The van der Waals surface area contributed by atoms with Crippen molar-refractivity contribution in [2.45, 2.75) is 32.7 Å². The molecule has 12 heavy (non-hydrogen) atoms. The Kier molecular flexibility index (Phi) is 3.80. The van der Waals surface area contributed by atoms with E-state index in [-0.39, 0.29) is 0 Å². The molecule has 0 spiro atoms. The van der Waals surface area contributed by atoms with E-state index in [4.69, 9.17) is 0 Å². The molecule has 0 bridgehead atoms. The van der Waals surface area contributed by atoms with E-state index in [0.717, 1.165) is 13.0 Å². The average Bonchev–Trinajstić information content (AvgIpc) is 2.57. The van der Waals surface area contributed by atoms with Crippen LogP contribution in [-0.2, 0) is 6.42 Å². The van der Waals surface area contributed by atoms with Gasteiger partial charge in [0.1, 0.15) is 0 Å². The molecule has 2 N–H and O–H groups in total. The van der Waals surface area contributed by atoms with Crippen molar-refractivity contribution < 1.29 is 0 Å². The molecule has 1 aromatic heterocycles. The van der Waals surface area contributed by atoms with Crippen molar-refractivity contribution in [2.24, 2.45) is 0 Å². The summed E-state index contributed by atoms with van der Waals surface area (Å²) < 4.78 is 0. The summed E-state index contributed by atoms with van der Waals surface area (Å²) >= 11 is 0. The minimum absolute atomic E-state index is 0.618. The maximum Gasteiger partial charge on any atom is 0.0921 e. The molecule has 0 aromatic carbocycles. The fourth-order valence-electron chi connectivity index (χ4n) is 1.02. The Bertz CT molecular complexity index is 194. The number of rotatable bonds is 5. The van der Waals surface area contributed by atoms with Crippen molar-refractivity contribution in [1.29, 1.82) is 0 Å². The van der Waals surface area contributed by atoms with E-state index in [1.54, 1.807) is 6.33 Å². The van der Waals surface area contributed by atoms with E-state index in [0.29, 0.717) is 6.04 Å². The van der Waals surface area contributed by atoms with Crippen LogP contribution in [0.25, 0.3) is 0 Å². The molecule has 1 aromatic rings. The lowest BCUT2D eigenvalue weighted by Crippen LogP contribution is -2.27. The monoisotopic (exact) mass is 167 g/mol. The largest absolute Gasteiger partial charge is 0.348 e. The van der Waals surface area contributed by atoms with E-state index in [2.05, 4.69) is 29.1 Å². The smallest absolute Gasteiger partial charge is 0.0921 e. The van der Waals surface area contributed by atoms with Gasteiger partial charge in [-0.1, -0.05) is 6.92 Å². The number of hydrogen-bond donors (Lipinski definition) is 2. The van der Waals surface area contributed by atoms with Crippen molar-refractivity contribution >= 4 is 0 Å². The topological polar surface area (TPSA) is 40.7 Å². The molecule has 3 nitrogen and oxygen atoms in total. The van der Waals surface area contributed by atoms with Crippen molar-refractivity contribution in [3.63, 3.8) is 0 Å². The van der Waals surface area contributed by atoms with Crippen molar-refractivity contribution in [3.05, 3.63) is 18.2 Å². The van der Waals surface area contributed by atoms with Gasteiger partial charge < -0.3 is 10.3 Å². The van der Waals surface area contributed by atoms with Crippen LogP contribution in [0.5, 0.6) is 0 Å². The van der Waals surface area contributed by atoms with Gasteiger partial charge >= 0.3 is 0 Å². The predicted octanol–water partition coefficient (Wildman–Crippen LogP) is 1.34. The van der Waals surface area contributed by atoms with Crippen molar-refractivity contribution in [1.82, 2.24) is 15.3 Å². The molecule has 68 valence electrons. The van der Waals surface area contributed by atoms with Gasteiger partial charge in [-0.15, -0.1) is 0 Å². The van der Waals surface area contributed by atoms with E-state index in [1.807, 2.05) is 6.20 Å². The molecule has 0 radical (unpaired) electrons. The van der Waals surface area contributed by atoms with Gasteiger partial charge in [0, 0.05) is 30.9 Å². The van der Waals surface area contributed by atoms with Gasteiger partial charge in [-0.2, -0.15) is 0 Å². The molecular weight excluding hydrogens is 150 g/mol. The van der Waals surface area contributed by atoms with Gasteiger partial charge in [0.15, 0.2) is 0 Å². The fraction of sp³-hybridized carbons (Fsp3) is 0.667. The first-order chi connectivity index (χ1) is 5.83. The van der Waals surface area contributed by atoms with Gasteiger partial charge in [-0.3, -0.25) is 0 Å². The summed E-state index contributed by atoms with van der Waals surface area (Å²) in [5, 5.41) is 3.42. The average molecular weight is 167 g/mol. The normalized spacial score (nSPS) is 13.2. The van der Waals surface area contributed by atoms with Crippen LogP contribution in [0.15, 0.2) is 12.5 Å². The highest BCUT2D eigenvalue weighted by Crippen LogP contribution is 1.92. The molecule has 0 aliphatic rings. The Morgan fingerprint density at radius 1 is 1.67 bits per heavy atom. The molecule has 1 rings (SSSR count). The third-order valence-corrected chi connectivity index (χ3v) is 2.05. The first kappa shape index (κ1) is 9.26. The number of hydrogen-bond acceptors (Lipinski definition) is 2. The number of aromatic amines is 1. The number of H-pyrrole nitrogens is 1. The van der Waals surface area contributed by atoms with Crippen LogP contribution in [-0.4, -0.2) is 22.6 Å². The second-order valence-corrected chi connectivity index (χ2v) is 3.09. The number of imidazole rings is 1. The number of nitrogens with one attached hydrogen (secondary N) is 2. The Morgan fingerprint density at radius 2 is 2.50 bits per heavy atom. The van der Waals surface area contributed by atoms with Gasteiger partial charge in [0.2, 0.25) is 0 Å². The molecule has 0 saturated carbocycles. The van der Waals surface area contributed by atoms with Gasteiger partial charge in [0.25, 0.3) is 0 Å². The van der Waals surface area contributed by atoms with Crippen LogP contribution < -0.4 is 5.32 Å². The Labute approximate surface area is 73.6 Å². The molecule has 0 fully saturated rings. The molecule has 0 aliphatic carbocycles. The quantitative estimate of drug-likeness (QED) is 0.694. The second-order valence-electron chi connectivity index (χ2n) is 3.09. The summed E-state index contributed by atoms with van der Waals surface area (Å²) in [5.41, 5.74) is 1.20. The molecule has 0 saturated heterocycles. The van der Waals surface area contributed by atoms with E-state index in [1.165, 1.54) is 12.1 Å². The van der Waals surface area contributed by atoms with Crippen LogP contribution in [0.3, 0.4) is 0 Å². The lowest BCUT2D eigenvalue weighted by Gasteiger charge is -2.09. The first-order valence-electron chi connectivity index (χ1n) is 4.53. The van der Waals surface area contributed by atoms with E-state index < -0.39 is 0 Å². The SMILES string of the molecule is CCC(C)NCCc1cnc[nH]1. The van der Waals surface area contributed by atoms with Crippen LogP contribution in [0.2, 0.25) is 0 Å². The van der Waals surface area contributed by atoms with Gasteiger partial charge in [-0.25, -0.2) is 4.98 Å². The maximum absolute atomic E-state index is 3.96. The highest BCUT2D eigenvalue weighted by atomic mass is 14.9. The number of nitrogens with zero attached hydrogens (tertiary/aromatic N) is 1. The summed E-state index contributed by atoms with van der Waals surface area (Å²) in [6, 6.07) is 0.618.